The second kappa shape index (κ2) is 8.34. The smallest absolute Gasteiger partial charge is 0.257 e. The van der Waals surface area contributed by atoms with Crippen LogP contribution in [-0.4, -0.2) is 18.4 Å². The van der Waals surface area contributed by atoms with E-state index in [4.69, 9.17) is 10.00 Å². The number of hydrogen-bond donors (Lipinski definition) is 2. The van der Waals surface area contributed by atoms with Gasteiger partial charge >= 0.3 is 0 Å². The van der Waals surface area contributed by atoms with Crippen molar-refractivity contribution in [1.82, 2.24) is 0 Å². The number of nitrogens with one attached hydrogen (secondary N) is 2. The lowest BCUT2D eigenvalue weighted by Gasteiger charge is -2.11. The highest BCUT2D eigenvalue weighted by atomic mass is 16.5. The van der Waals surface area contributed by atoms with Gasteiger partial charge in [0.05, 0.1) is 23.9 Å². The molecule has 6 heteroatoms. The third-order valence-corrected chi connectivity index (χ3v) is 3.09. The van der Waals surface area contributed by atoms with Crippen LogP contribution in [0.5, 0.6) is 5.75 Å². The normalized spacial score (nSPS) is 9.67. The quantitative estimate of drug-likeness (QED) is 0.854. The number of carbonyl (C=O) groups is 2. The summed E-state index contributed by atoms with van der Waals surface area (Å²) in [6, 6.07) is 15.4. The largest absolute Gasteiger partial charge is 0.494 e. The summed E-state index contributed by atoms with van der Waals surface area (Å²) in [6.07, 6.45) is -0.271. The minimum Gasteiger partial charge on any atom is -0.494 e. The van der Waals surface area contributed by atoms with Crippen molar-refractivity contribution in [3.63, 3.8) is 0 Å². The third-order valence-electron chi connectivity index (χ3n) is 3.09. The first kappa shape index (κ1) is 17.0. The van der Waals surface area contributed by atoms with Gasteiger partial charge in [-0.2, -0.15) is 5.26 Å². The van der Waals surface area contributed by atoms with Gasteiger partial charge in [-0.15, -0.1) is 0 Å². The number of amides is 2. The Morgan fingerprint density at radius 2 is 1.92 bits per heavy atom. The molecule has 0 spiro atoms. The minimum absolute atomic E-state index is 0.271. The monoisotopic (exact) mass is 323 g/mol. The number of hydrogen-bond acceptors (Lipinski definition) is 4. The van der Waals surface area contributed by atoms with E-state index in [2.05, 4.69) is 10.6 Å². The second-order valence-electron chi connectivity index (χ2n) is 4.84. The van der Waals surface area contributed by atoms with E-state index in [0.29, 0.717) is 29.3 Å². The molecule has 2 N–H and O–H groups in total. The maximum absolute atomic E-state index is 12.5. The van der Waals surface area contributed by atoms with Crippen molar-refractivity contribution in [3.05, 3.63) is 54.1 Å². The Bertz CT molecular complexity index is 781. The Morgan fingerprint density at radius 3 is 2.67 bits per heavy atom. The molecule has 2 amide bonds. The van der Waals surface area contributed by atoms with Crippen molar-refractivity contribution in [3.8, 4) is 11.8 Å². The van der Waals surface area contributed by atoms with E-state index in [1.54, 1.807) is 54.6 Å². The molecule has 0 aliphatic heterocycles. The molecule has 0 atom stereocenters. The van der Waals surface area contributed by atoms with Crippen molar-refractivity contribution in [2.24, 2.45) is 0 Å². The number of nitriles is 1. The van der Waals surface area contributed by atoms with Crippen molar-refractivity contribution < 1.29 is 14.3 Å². The summed E-state index contributed by atoms with van der Waals surface area (Å²) < 4.78 is 5.40. The summed E-state index contributed by atoms with van der Waals surface area (Å²) in [7, 11) is 0. The predicted molar refractivity (Wildman–Crippen MR) is 90.9 cm³/mol. The molecule has 2 rings (SSSR count). The fraction of sp³-hybridized carbons (Fsp3) is 0.167. The molecule has 6 nitrogen and oxygen atoms in total. The Balaban J connectivity index is 2.17. The lowest BCUT2D eigenvalue weighted by Crippen LogP contribution is -2.17. The molecule has 0 bridgehead atoms. The molecule has 2 aromatic rings. The highest BCUT2D eigenvalue weighted by Gasteiger charge is 2.13. The van der Waals surface area contributed by atoms with Crippen LogP contribution in [0.3, 0.4) is 0 Å². The van der Waals surface area contributed by atoms with Gasteiger partial charge in [0.2, 0.25) is 5.91 Å². The van der Waals surface area contributed by atoms with Gasteiger partial charge < -0.3 is 15.4 Å². The van der Waals surface area contributed by atoms with E-state index >= 15 is 0 Å². The number of carbonyl (C=O) groups excluding carboxylic acids is 2. The molecule has 0 saturated heterocycles. The number of benzene rings is 2. The Hall–Kier alpha value is -3.33. The zero-order chi connectivity index (χ0) is 17.4. The maximum Gasteiger partial charge on any atom is 0.257 e. The average molecular weight is 323 g/mol. The van der Waals surface area contributed by atoms with E-state index < -0.39 is 5.91 Å². The summed E-state index contributed by atoms with van der Waals surface area (Å²) in [5, 5.41) is 13.9. The number of anilines is 2. The SMILES string of the molecule is CCOc1cccc(NC(=O)c2ccccc2NC(=O)CC#N)c1. The molecule has 0 aliphatic carbocycles. The van der Waals surface area contributed by atoms with Crippen LogP contribution in [-0.2, 0) is 4.79 Å². The Morgan fingerprint density at radius 1 is 1.12 bits per heavy atom. The van der Waals surface area contributed by atoms with Gasteiger partial charge in [0.15, 0.2) is 0 Å². The van der Waals surface area contributed by atoms with Gasteiger partial charge in [-0.3, -0.25) is 9.59 Å². The minimum atomic E-state index is -0.462. The molecule has 0 aliphatic rings. The fourth-order valence-corrected chi connectivity index (χ4v) is 2.09. The summed E-state index contributed by atoms with van der Waals surface area (Å²) >= 11 is 0. The molecule has 24 heavy (non-hydrogen) atoms. The third kappa shape index (κ3) is 4.58. The molecule has 0 saturated carbocycles. The van der Waals surface area contributed by atoms with Crippen molar-refractivity contribution in [1.29, 1.82) is 5.26 Å². The van der Waals surface area contributed by atoms with E-state index in [-0.39, 0.29) is 12.3 Å². The number of para-hydroxylation sites is 1. The van der Waals surface area contributed by atoms with Crippen LogP contribution in [0.15, 0.2) is 48.5 Å². The molecule has 0 heterocycles. The van der Waals surface area contributed by atoms with Crippen LogP contribution < -0.4 is 15.4 Å². The van der Waals surface area contributed by atoms with Gasteiger partial charge in [-0.25, -0.2) is 0 Å². The maximum atomic E-state index is 12.5. The van der Waals surface area contributed by atoms with Gasteiger partial charge in [-0.05, 0) is 31.2 Å². The molecular formula is C18H17N3O3. The van der Waals surface area contributed by atoms with E-state index in [9.17, 15) is 9.59 Å². The number of rotatable bonds is 6. The highest BCUT2D eigenvalue weighted by molar-refractivity contribution is 6.10. The van der Waals surface area contributed by atoms with E-state index in [1.807, 2.05) is 6.92 Å². The number of ether oxygens (including phenoxy) is 1. The van der Waals surface area contributed by atoms with Gasteiger partial charge in [-0.1, -0.05) is 18.2 Å². The van der Waals surface area contributed by atoms with Crippen molar-refractivity contribution >= 4 is 23.2 Å². The summed E-state index contributed by atoms with van der Waals surface area (Å²) in [4.78, 5) is 24.1. The summed E-state index contributed by atoms with van der Waals surface area (Å²) in [5.41, 5.74) is 1.26. The Kier molecular flexibility index (Phi) is 5.92. The topological polar surface area (TPSA) is 91.2 Å². The van der Waals surface area contributed by atoms with Crippen LogP contribution in [0, 0.1) is 11.3 Å². The van der Waals surface area contributed by atoms with Crippen LogP contribution in [0.1, 0.15) is 23.7 Å². The molecule has 2 aromatic carbocycles. The second-order valence-corrected chi connectivity index (χ2v) is 4.84. The van der Waals surface area contributed by atoms with Gasteiger partial charge in [0, 0.05) is 11.8 Å². The standard InChI is InChI=1S/C18H17N3O3/c1-2-24-14-7-5-6-13(12-14)20-18(23)15-8-3-4-9-16(15)21-17(22)10-11-19/h3-9,12H,2,10H2,1H3,(H,20,23)(H,21,22). The van der Waals surface area contributed by atoms with E-state index in [0.717, 1.165) is 0 Å². The fourth-order valence-electron chi connectivity index (χ4n) is 2.09. The average Bonchev–Trinajstić information content (AvgIpc) is 2.56. The zero-order valence-electron chi connectivity index (χ0n) is 13.2. The summed E-state index contributed by atoms with van der Waals surface area (Å²) in [6.45, 7) is 2.41. The molecule has 0 fully saturated rings. The first-order valence-electron chi connectivity index (χ1n) is 7.44. The van der Waals surface area contributed by atoms with Crippen LogP contribution in [0.4, 0.5) is 11.4 Å². The van der Waals surface area contributed by atoms with Crippen molar-refractivity contribution in [2.45, 2.75) is 13.3 Å². The molecule has 122 valence electrons. The van der Waals surface area contributed by atoms with Crippen molar-refractivity contribution in [2.75, 3.05) is 17.2 Å². The summed E-state index contributed by atoms with van der Waals surface area (Å²) in [5.74, 6) is -0.168. The Labute approximate surface area is 140 Å². The molecule has 0 unspecified atom stereocenters. The first-order chi connectivity index (χ1) is 11.6. The lowest BCUT2D eigenvalue weighted by atomic mass is 10.1. The first-order valence-corrected chi connectivity index (χ1v) is 7.44. The van der Waals surface area contributed by atoms with Crippen LogP contribution >= 0.6 is 0 Å². The van der Waals surface area contributed by atoms with Crippen LogP contribution in [0.2, 0.25) is 0 Å². The highest BCUT2D eigenvalue weighted by Crippen LogP contribution is 2.20. The zero-order valence-corrected chi connectivity index (χ0v) is 13.2. The van der Waals surface area contributed by atoms with Gasteiger partial charge in [0.25, 0.3) is 5.91 Å². The lowest BCUT2D eigenvalue weighted by molar-refractivity contribution is -0.115. The number of nitrogens with zero attached hydrogens (tertiary/aromatic N) is 1. The van der Waals surface area contributed by atoms with E-state index in [1.165, 1.54) is 0 Å². The molecule has 0 aromatic heterocycles. The van der Waals surface area contributed by atoms with Gasteiger partial charge in [0.1, 0.15) is 12.2 Å². The molecule has 0 radical (unpaired) electrons. The predicted octanol–water partition coefficient (Wildman–Crippen LogP) is 3.19. The molecular weight excluding hydrogens is 306 g/mol. The van der Waals surface area contributed by atoms with Crippen LogP contribution in [0.25, 0.3) is 0 Å².